The van der Waals surface area contributed by atoms with E-state index in [4.69, 9.17) is 18.0 Å². The van der Waals surface area contributed by atoms with Crippen LogP contribution < -0.4 is 11.5 Å². The molecule has 0 aliphatic heterocycles. The van der Waals surface area contributed by atoms with E-state index in [1.807, 2.05) is 5.38 Å². The number of thioether (sulfide) groups is 2. The number of pyridine rings is 1. The van der Waals surface area contributed by atoms with Crippen LogP contribution in [0.15, 0.2) is 15.3 Å². The maximum atomic E-state index is 9.35. The molecule has 21 heavy (non-hydrogen) atoms. The highest BCUT2D eigenvalue weighted by Gasteiger charge is 2.18. The van der Waals surface area contributed by atoms with Gasteiger partial charge in [-0.25, -0.2) is 14.8 Å². The Bertz CT molecular complexity index is 756. The monoisotopic (exact) mass is 334 g/mol. The molecule has 6 nitrogen and oxygen atoms in total. The average molecular weight is 334 g/mol. The van der Waals surface area contributed by atoms with Crippen molar-refractivity contribution in [2.75, 3.05) is 17.7 Å². The highest BCUT2D eigenvalue weighted by Crippen LogP contribution is 2.40. The zero-order chi connectivity index (χ0) is 15.4. The summed E-state index contributed by atoms with van der Waals surface area (Å²) in [4.78, 5) is 12.3. The van der Waals surface area contributed by atoms with Crippen LogP contribution in [0.2, 0.25) is 0 Å². The molecule has 9 heteroatoms. The molecule has 0 saturated heterocycles. The van der Waals surface area contributed by atoms with Gasteiger partial charge in [-0.05, 0) is 6.26 Å². The molecular weight excluding hydrogens is 324 g/mol. The number of hydrogen-bond donors (Lipinski definition) is 2. The Morgan fingerprint density at radius 1 is 1.48 bits per heavy atom. The van der Waals surface area contributed by atoms with Gasteiger partial charge in [-0.15, -0.1) is 23.1 Å². The third kappa shape index (κ3) is 3.22. The van der Waals surface area contributed by atoms with E-state index in [9.17, 15) is 5.26 Å². The topological polar surface area (TPSA) is 106 Å². The van der Waals surface area contributed by atoms with Gasteiger partial charge in [0.15, 0.2) is 5.13 Å². The molecule has 0 unspecified atom stereocenters. The summed E-state index contributed by atoms with van der Waals surface area (Å²) >= 11 is 4.05. The second-order valence-corrected chi connectivity index (χ2v) is 6.42. The predicted molar refractivity (Wildman–Crippen MR) is 87.5 cm³/mol. The number of anilines is 2. The van der Waals surface area contributed by atoms with Crippen LogP contribution in [-0.4, -0.2) is 16.2 Å². The lowest BCUT2D eigenvalue weighted by Gasteiger charge is -2.10. The van der Waals surface area contributed by atoms with Crippen LogP contribution in [0.25, 0.3) is 4.85 Å². The molecule has 0 amide bonds. The van der Waals surface area contributed by atoms with Crippen LogP contribution in [-0.2, 0) is 5.75 Å². The lowest BCUT2D eigenvalue weighted by atomic mass is 10.2. The van der Waals surface area contributed by atoms with Crippen molar-refractivity contribution in [3.63, 3.8) is 0 Å². The minimum atomic E-state index is 0.147. The second kappa shape index (κ2) is 6.68. The summed E-state index contributed by atoms with van der Waals surface area (Å²) in [5.41, 5.74) is 12.8. The number of nitrogens with zero attached hydrogens (tertiary/aromatic N) is 4. The van der Waals surface area contributed by atoms with Gasteiger partial charge in [0, 0.05) is 16.0 Å². The van der Waals surface area contributed by atoms with Crippen LogP contribution >= 0.6 is 34.9 Å². The minimum Gasteiger partial charge on any atom is -0.392 e. The van der Waals surface area contributed by atoms with Crippen molar-refractivity contribution in [1.82, 2.24) is 9.97 Å². The van der Waals surface area contributed by atoms with Crippen LogP contribution in [0.1, 0.15) is 11.3 Å². The van der Waals surface area contributed by atoms with Crippen molar-refractivity contribution in [2.45, 2.75) is 15.7 Å². The van der Waals surface area contributed by atoms with E-state index in [1.54, 1.807) is 6.26 Å². The number of aromatic nitrogens is 2. The van der Waals surface area contributed by atoms with E-state index in [-0.39, 0.29) is 11.5 Å². The Balaban J connectivity index is 2.38. The van der Waals surface area contributed by atoms with Gasteiger partial charge in [0.05, 0.1) is 17.8 Å². The zero-order valence-corrected chi connectivity index (χ0v) is 13.4. The third-order valence-electron chi connectivity index (χ3n) is 2.47. The van der Waals surface area contributed by atoms with E-state index in [1.165, 1.54) is 34.9 Å². The van der Waals surface area contributed by atoms with E-state index >= 15 is 0 Å². The third-order valence-corrected chi connectivity index (χ3v) is 5.01. The summed E-state index contributed by atoms with van der Waals surface area (Å²) in [5.74, 6) is 0.689. The lowest BCUT2D eigenvalue weighted by Crippen LogP contribution is -1.98. The van der Waals surface area contributed by atoms with E-state index < -0.39 is 0 Å². The second-order valence-electron chi connectivity index (χ2n) is 3.75. The summed E-state index contributed by atoms with van der Waals surface area (Å²) in [6.45, 7) is 7.16. The van der Waals surface area contributed by atoms with Crippen molar-refractivity contribution in [2.24, 2.45) is 0 Å². The molecule has 0 bridgehead atoms. The standard InChI is InChI=1S/C12H10N6S3/c1-16-8-9(19-2)7(3-13)11(18-10(8)14)20-4-6-5-21-12(15)17-6/h5H,4H2,2H3,(H2,14,18)(H2,15,17). The van der Waals surface area contributed by atoms with Crippen molar-refractivity contribution in [3.05, 3.63) is 28.1 Å². The average Bonchev–Trinajstić information content (AvgIpc) is 2.89. The molecule has 2 aromatic rings. The summed E-state index contributed by atoms with van der Waals surface area (Å²) in [5, 5.41) is 12.2. The normalized spacial score (nSPS) is 10.0. The highest BCUT2D eigenvalue weighted by atomic mass is 32.2. The number of rotatable bonds is 4. The van der Waals surface area contributed by atoms with Gasteiger partial charge in [-0.3, -0.25) is 0 Å². The summed E-state index contributed by atoms with van der Waals surface area (Å²) in [7, 11) is 0. The minimum absolute atomic E-state index is 0.147. The molecule has 0 aliphatic rings. The molecule has 4 N–H and O–H groups in total. The van der Waals surface area contributed by atoms with E-state index in [0.29, 0.717) is 26.4 Å². The molecule has 0 aliphatic carbocycles. The van der Waals surface area contributed by atoms with Gasteiger partial charge >= 0.3 is 0 Å². The molecule has 2 rings (SSSR count). The maximum absolute atomic E-state index is 9.35. The number of thiazole rings is 1. The molecule has 106 valence electrons. The molecule has 0 atom stereocenters. The van der Waals surface area contributed by atoms with Crippen molar-refractivity contribution in [3.8, 4) is 6.07 Å². The fourth-order valence-electron chi connectivity index (χ4n) is 1.59. The first-order valence-corrected chi connectivity index (χ1v) is 8.67. The van der Waals surface area contributed by atoms with Crippen LogP contribution in [0.4, 0.5) is 16.6 Å². The van der Waals surface area contributed by atoms with Crippen LogP contribution in [0, 0.1) is 17.9 Å². The van der Waals surface area contributed by atoms with Gasteiger partial charge < -0.3 is 11.5 Å². The molecule has 0 fully saturated rings. The fourth-order valence-corrected chi connectivity index (χ4v) is 3.90. The summed E-state index contributed by atoms with van der Waals surface area (Å²) < 4.78 is 0. The van der Waals surface area contributed by atoms with Crippen molar-refractivity contribution >= 4 is 51.5 Å². The Hall–Kier alpha value is -1.94. The molecular formula is C12H10N6S3. The highest BCUT2D eigenvalue weighted by molar-refractivity contribution is 7.99. The first-order chi connectivity index (χ1) is 10.1. The quantitative estimate of drug-likeness (QED) is 0.653. The lowest BCUT2D eigenvalue weighted by molar-refractivity contribution is 1.08. The number of hydrogen-bond acceptors (Lipinski definition) is 8. The Kier molecular flexibility index (Phi) is 4.91. The zero-order valence-electron chi connectivity index (χ0n) is 11.0. The first kappa shape index (κ1) is 15.4. The fraction of sp³-hybridized carbons (Fsp3) is 0.167. The molecule has 0 aromatic carbocycles. The Morgan fingerprint density at radius 3 is 2.76 bits per heavy atom. The van der Waals surface area contributed by atoms with Crippen LogP contribution in [0.3, 0.4) is 0 Å². The Morgan fingerprint density at radius 2 is 2.24 bits per heavy atom. The molecule has 0 radical (unpaired) electrons. The number of nitriles is 1. The maximum Gasteiger partial charge on any atom is 0.242 e. The molecule has 2 heterocycles. The summed E-state index contributed by atoms with van der Waals surface area (Å²) in [6.07, 6.45) is 1.81. The predicted octanol–water partition coefficient (Wildman–Crippen LogP) is 3.14. The SMILES string of the molecule is [C-]#[N+]c1c(N)nc(SCc2csc(N)n2)c(C#N)c1SC. The number of nitrogen functional groups attached to an aromatic ring is 2. The van der Waals surface area contributed by atoms with Crippen molar-refractivity contribution in [1.29, 1.82) is 5.26 Å². The van der Waals surface area contributed by atoms with Crippen molar-refractivity contribution < 1.29 is 0 Å². The van der Waals surface area contributed by atoms with Gasteiger partial charge in [0.1, 0.15) is 16.9 Å². The summed E-state index contributed by atoms with van der Waals surface area (Å²) in [6, 6.07) is 2.11. The Labute approximate surface area is 134 Å². The van der Waals surface area contributed by atoms with Gasteiger partial charge in [0.25, 0.3) is 0 Å². The van der Waals surface area contributed by atoms with Crippen LogP contribution in [0.5, 0.6) is 0 Å². The first-order valence-electron chi connectivity index (χ1n) is 5.58. The smallest absolute Gasteiger partial charge is 0.242 e. The molecule has 0 spiro atoms. The van der Waals surface area contributed by atoms with Gasteiger partial charge in [-0.1, -0.05) is 11.8 Å². The molecule has 0 saturated carbocycles. The van der Waals surface area contributed by atoms with E-state index in [2.05, 4.69) is 20.9 Å². The molecule has 2 aromatic heterocycles. The largest absolute Gasteiger partial charge is 0.392 e. The number of nitrogens with two attached hydrogens (primary N) is 2. The van der Waals surface area contributed by atoms with Gasteiger partial charge in [-0.2, -0.15) is 5.26 Å². The van der Waals surface area contributed by atoms with E-state index in [0.717, 1.165) is 5.69 Å². The van der Waals surface area contributed by atoms with Gasteiger partial charge in [0.2, 0.25) is 5.69 Å².